The molecule has 0 saturated carbocycles. The molecular formula is C26H41BrN8. The Morgan fingerprint density at radius 3 is 1.86 bits per heavy atom. The van der Waals surface area contributed by atoms with Crippen LogP contribution in [0.15, 0.2) is 49.3 Å². The summed E-state index contributed by atoms with van der Waals surface area (Å²) in [6.07, 6.45) is 12.0. The van der Waals surface area contributed by atoms with Crippen LogP contribution in [0.2, 0.25) is 0 Å². The quantitative estimate of drug-likeness (QED) is 0.211. The summed E-state index contributed by atoms with van der Waals surface area (Å²) in [5.41, 5.74) is 3.92. The van der Waals surface area contributed by atoms with E-state index in [1.165, 1.54) is 19.4 Å². The fraction of sp³-hybridized carbons (Fsp3) is 0.538. The van der Waals surface area contributed by atoms with Crippen molar-refractivity contribution in [1.82, 2.24) is 39.3 Å². The zero-order valence-electron chi connectivity index (χ0n) is 21.7. The molecule has 0 spiro atoms. The maximum Gasteiger partial charge on any atom is 0.177 e. The Morgan fingerprint density at radius 2 is 1.37 bits per heavy atom. The average Bonchev–Trinajstić information content (AvgIpc) is 3.49. The zero-order chi connectivity index (χ0) is 25.3. The lowest BCUT2D eigenvalue weighted by Crippen LogP contribution is -2.21. The van der Waals surface area contributed by atoms with Crippen LogP contribution in [0.25, 0.3) is 22.3 Å². The first-order valence-electron chi connectivity index (χ1n) is 12.5. The third-order valence-corrected chi connectivity index (χ3v) is 6.14. The van der Waals surface area contributed by atoms with Gasteiger partial charge in [-0.3, -0.25) is 0 Å². The van der Waals surface area contributed by atoms with E-state index < -0.39 is 0 Å². The molecule has 0 aromatic carbocycles. The van der Waals surface area contributed by atoms with Crippen LogP contribution in [0, 0.1) is 0 Å². The summed E-state index contributed by atoms with van der Waals surface area (Å²) in [6.45, 7) is 9.68. The molecule has 4 rings (SSSR count). The molecule has 0 bridgehead atoms. The van der Waals surface area contributed by atoms with Crippen molar-refractivity contribution >= 4 is 38.3 Å². The Labute approximate surface area is 218 Å². The van der Waals surface area contributed by atoms with Gasteiger partial charge in [-0.2, -0.15) is 0 Å². The zero-order valence-corrected chi connectivity index (χ0v) is 23.3. The van der Waals surface area contributed by atoms with Crippen molar-refractivity contribution in [3.8, 4) is 0 Å². The molecule has 0 radical (unpaired) electrons. The Morgan fingerprint density at radius 1 is 0.829 bits per heavy atom. The van der Waals surface area contributed by atoms with E-state index in [1.807, 2.05) is 31.8 Å². The van der Waals surface area contributed by atoms with Gasteiger partial charge in [-0.1, -0.05) is 29.8 Å². The van der Waals surface area contributed by atoms with Crippen molar-refractivity contribution in [3.05, 3.63) is 49.3 Å². The SMILES string of the molecule is CCCBr.CCCN(C)CCCn1cnc2ncccc21.CNCCCn1cnc2ncccc21. The van der Waals surface area contributed by atoms with E-state index in [1.54, 1.807) is 12.4 Å². The predicted molar refractivity (Wildman–Crippen MR) is 150 cm³/mol. The van der Waals surface area contributed by atoms with Gasteiger partial charge in [-0.05, 0) is 83.7 Å². The number of nitrogens with one attached hydrogen (secondary N) is 1. The van der Waals surface area contributed by atoms with E-state index in [4.69, 9.17) is 0 Å². The van der Waals surface area contributed by atoms with Crippen molar-refractivity contribution in [2.75, 3.05) is 39.1 Å². The Kier molecular flexibility index (Phi) is 14.1. The Hall–Kier alpha value is -2.36. The Balaban J connectivity index is 0.000000217. The number of hydrogen-bond donors (Lipinski definition) is 1. The summed E-state index contributed by atoms with van der Waals surface area (Å²) >= 11 is 3.25. The summed E-state index contributed by atoms with van der Waals surface area (Å²) in [5.74, 6) is 0. The molecule has 0 aliphatic rings. The van der Waals surface area contributed by atoms with E-state index in [0.717, 1.165) is 66.7 Å². The van der Waals surface area contributed by atoms with Crippen molar-refractivity contribution in [2.45, 2.75) is 52.6 Å². The monoisotopic (exact) mass is 544 g/mol. The number of imidazole rings is 2. The molecule has 35 heavy (non-hydrogen) atoms. The standard InChI is InChI=1S/C13H20N4.C10H14N4.C3H7Br/c1-3-8-16(2)9-5-10-17-11-15-13-12(17)6-4-7-14-13;1-11-5-3-7-14-8-13-10-9(14)4-2-6-12-10;1-2-3-4/h4,6-7,11H,3,5,8-10H2,1-2H3;2,4,6,8,11H,3,5,7H2,1H3;2-3H2,1H3. The summed E-state index contributed by atoms with van der Waals surface area (Å²) in [7, 11) is 4.14. The fourth-order valence-corrected chi connectivity index (χ4v) is 3.58. The number of aromatic nitrogens is 6. The van der Waals surface area contributed by atoms with Crippen LogP contribution in [0.3, 0.4) is 0 Å². The number of hydrogen-bond acceptors (Lipinski definition) is 6. The molecule has 0 unspecified atom stereocenters. The lowest BCUT2D eigenvalue weighted by Gasteiger charge is -2.15. The summed E-state index contributed by atoms with van der Waals surface area (Å²) in [5, 5.41) is 4.26. The molecule has 1 N–H and O–H groups in total. The predicted octanol–water partition coefficient (Wildman–Crippen LogP) is 5.00. The number of nitrogens with zero attached hydrogens (tertiary/aromatic N) is 7. The third kappa shape index (κ3) is 10.0. The number of alkyl halides is 1. The normalized spacial score (nSPS) is 10.8. The minimum absolute atomic E-state index is 0.831. The van der Waals surface area contributed by atoms with Gasteiger partial charge in [0.15, 0.2) is 11.3 Å². The number of halogens is 1. The van der Waals surface area contributed by atoms with Gasteiger partial charge in [0.2, 0.25) is 0 Å². The van der Waals surface area contributed by atoms with Gasteiger partial charge in [0.25, 0.3) is 0 Å². The second kappa shape index (κ2) is 17.1. The minimum Gasteiger partial charge on any atom is -0.329 e. The van der Waals surface area contributed by atoms with Gasteiger partial charge >= 0.3 is 0 Å². The third-order valence-electron chi connectivity index (χ3n) is 5.35. The first kappa shape index (κ1) is 28.9. The summed E-state index contributed by atoms with van der Waals surface area (Å²) in [4.78, 5) is 19.3. The fourth-order valence-electron chi connectivity index (χ4n) is 3.58. The second-order valence-corrected chi connectivity index (χ2v) is 9.16. The molecule has 4 heterocycles. The molecule has 192 valence electrons. The maximum absolute atomic E-state index is 4.29. The van der Waals surface area contributed by atoms with Crippen LogP contribution >= 0.6 is 15.9 Å². The van der Waals surface area contributed by atoms with E-state index >= 15 is 0 Å². The smallest absolute Gasteiger partial charge is 0.177 e. The summed E-state index contributed by atoms with van der Waals surface area (Å²) in [6, 6.07) is 8.03. The molecule has 4 aromatic rings. The highest BCUT2D eigenvalue weighted by atomic mass is 79.9. The first-order valence-corrected chi connectivity index (χ1v) is 13.7. The van der Waals surface area contributed by atoms with Gasteiger partial charge < -0.3 is 19.4 Å². The van der Waals surface area contributed by atoms with Gasteiger partial charge in [-0.25, -0.2) is 19.9 Å². The van der Waals surface area contributed by atoms with E-state index in [2.05, 4.69) is 88.2 Å². The Bertz CT molecular complexity index is 1080. The average molecular weight is 546 g/mol. The van der Waals surface area contributed by atoms with E-state index in [0.29, 0.717) is 0 Å². The van der Waals surface area contributed by atoms with E-state index in [9.17, 15) is 0 Å². The van der Waals surface area contributed by atoms with Crippen molar-refractivity contribution < 1.29 is 0 Å². The molecule has 0 atom stereocenters. The van der Waals surface area contributed by atoms with Crippen LogP contribution in [-0.4, -0.2) is 73.0 Å². The van der Waals surface area contributed by atoms with Crippen LogP contribution in [0.5, 0.6) is 0 Å². The van der Waals surface area contributed by atoms with Crippen molar-refractivity contribution in [3.63, 3.8) is 0 Å². The van der Waals surface area contributed by atoms with Gasteiger partial charge in [0, 0.05) is 30.8 Å². The lowest BCUT2D eigenvalue weighted by atomic mass is 10.3. The highest BCUT2D eigenvalue weighted by molar-refractivity contribution is 9.09. The molecule has 9 heteroatoms. The number of aryl methyl sites for hydroxylation is 2. The van der Waals surface area contributed by atoms with Gasteiger partial charge in [0.05, 0.1) is 23.7 Å². The molecule has 0 saturated heterocycles. The summed E-state index contributed by atoms with van der Waals surface area (Å²) < 4.78 is 4.32. The molecule has 0 aliphatic heterocycles. The lowest BCUT2D eigenvalue weighted by molar-refractivity contribution is 0.323. The van der Waals surface area contributed by atoms with E-state index in [-0.39, 0.29) is 0 Å². The number of rotatable bonds is 11. The maximum atomic E-state index is 4.29. The van der Waals surface area contributed by atoms with Crippen LogP contribution in [-0.2, 0) is 13.1 Å². The molecule has 0 amide bonds. The minimum atomic E-state index is 0.831. The molecule has 0 aliphatic carbocycles. The molecule has 8 nitrogen and oxygen atoms in total. The van der Waals surface area contributed by atoms with Gasteiger partial charge in [0.1, 0.15) is 0 Å². The topological polar surface area (TPSA) is 76.7 Å². The second-order valence-electron chi connectivity index (χ2n) is 8.37. The number of pyridine rings is 2. The number of fused-ring (bicyclic) bond motifs is 2. The largest absolute Gasteiger partial charge is 0.329 e. The van der Waals surface area contributed by atoms with Crippen LogP contribution < -0.4 is 5.32 Å². The molecular weight excluding hydrogens is 504 g/mol. The first-order chi connectivity index (χ1) is 17.1. The van der Waals surface area contributed by atoms with Crippen LogP contribution in [0.1, 0.15) is 39.5 Å². The van der Waals surface area contributed by atoms with Crippen LogP contribution in [0.4, 0.5) is 0 Å². The highest BCUT2D eigenvalue weighted by Crippen LogP contribution is 2.10. The highest BCUT2D eigenvalue weighted by Gasteiger charge is 2.03. The molecule has 4 aromatic heterocycles. The van der Waals surface area contributed by atoms with Crippen molar-refractivity contribution in [1.29, 1.82) is 0 Å². The molecule has 0 fully saturated rings. The van der Waals surface area contributed by atoms with Crippen molar-refractivity contribution in [2.24, 2.45) is 0 Å². The van der Waals surface area contributed by atoms with Gasteiger partial charge in [-0.15, -0.1) is 0 Å².